The van der Waals surface area contributed by atoms with E-state index in [4.69, 9.17) is 0 Å². The first-order chi connectivity index (χ1) is 7.66. The molecule has 1 aromatic carbocycles. The first-order valence-corrected chi connectivity index (χ1v) is 5.71. The molecule has 0 aliphatic carbocycles. The Morgan fingerprint density at radius 2 is 2.12 bits per heavy atom. The molecule has 0 atom stereocenters. The summed E-state index contributed by atoms with van der Waals surface area (Å²) in [5, 5.41) is 10.5. The van der Waals surface area contributed by atoms with Gasteiger partial charge in [-0.25, -0.2) is 4.98 Å². The molecule has 16 heavy (non-hydrogen) atoms. The molecular weight excluding hydrogens is 268 g/mol. The summed E-state index contributed by atoms with van der Waals surface area (Å²) in [6, 6.07) is 7.37. The quantitative estimate of drug-likeness (QED) is 0.684. The first-order valence-electron chi connectivity index (χ1n) is 4.92. The number of hydrogen-bond acceptors (Lipinski definition) is 2. The number of benzene rings is 1. The molecule has 0 amide bonds. The summed E-state index contributed by atoms with van der Waals surface area (Å²) in [4.78, 5) is 4.31. The van der Waals surface area contributed by atoms with Crippen LogP contribution in [0.5, 0.6) is 5.75 Å². The van der Waals surface area contributed by atoms with Crippen LogP contribution in [0.4, 0.5) is 0 Å². The zero-order valence-corrected chi connectivity index (χ0v) is 10.2. The molecule has 0 bridgehead atoms. The van der Waals surface area contributed by atoms with E-state index < -0.39 is 0 Å². The van der Waals surface area contributed by atoms with Crippen molar-refractivity contribution in [1.82, 2.24) is 9.38 Å². The van der Waals surface area contributed by atoms with Crippen LogP contribution in [0.2, 0.25) is 0 Å². The van der Waals surface area contributed by atoms with Crippen molar-refractivity contribution in [3.05, 3.63) is 40.6 Å². The van der Waals surface area contributed by atoms with E-state index in [-0.39, 0.29) is 5.75 Å². The van der Waals surface area contributed by atoms with Gasteiger partial charge in [0.1, 0.15) is 16.0 Å². The van der Waals surface area contributed by atoms with E-state index >= 15 is 0 Å². The molecule has 0 aliphatic heterocycles. The largest absolute Gasteiger partial charge is 0.508 e. The van der Waals surface area contributed by atoms with Gasteiger partial charge >= 0.3 is 0 Å². The number of phenolic OH excluding ortho intramolecular Hbond substituents is 1. The number of pyridine rings is 1. The van der Waals surface area contributed by atoms with Crippen molar-refractivity contribution in [3.63, 3.8) is 0 Å². The van der Waals surface area contributed by atoms with Gasteiger partial charge in [-0.05, 0) is 52.7 Å². The second kappa shape index (κ2) is 3.22. The highest BCUT2D eigenvalue weighted by molar-refractivity contribution is 9.10. The second-order valence-electron chi connectivity index (χ2n) is 3.80. The normalized spacial score (nSPS) is 11.4. The van der Waals surface area contributed by atoms with Gasteiger partial charge in [-0.1, -0.05) is 0 Å². The van der Waals surface area contributed by atoms with Crippen LogP contribution in [-0.2, 0) is 0 Å². The zero-order chi connectivity index (χ0) is 11.3. The summed E-state index contributed by atoms with van der Waals surface area (Å²) in [6.07, 6.45) is 1.78. The summed E-state index contributed by atoms with van der Waals surface area (Å²) in [5.74, 6) is 0.284. The molecule has 1 N–H and O–H groups in total. The molecule has 0 saturated heterocycles. The topological polar surface area (TPSA) is 37.5 Å². The number of phenols is 1. The Balaban J connectivity index is 2.62. The molecule has 0 aliphatic rings. The number of aromatic hydroxyl groups is 1. The number of fused-ring (bicyclic) bond motifs is 3. The van der Waals surface area contributed by atoms with Crippen LogP contribution in [0.1, 0.15) is 5.56 Å². The van der Waals surface area contributed by atoms with Crippen LogP contribution >= 0.6 is 15.9 Å². The van der Waals surface area contributed by atoms with Gasteiger partial charge in [0.25, 0.3) is 0 Å². The Morgan fingerprint density at radius 3 is 2.94 bits per heavy atom. The van der Waals surface area contributed by atoms with Gasteiger partial charge in [-0.2, -0.15) is 0 Å². The lowest BCUT2D eigenvalue weighted by Crippen LogP contribution is -1.91. The minimum atomic E-state index is 0.284. The zero-order valence-electron chi connectivity index (χ0n) is 8.61. The number of rotatable bonds is 0. The number of nitrogens with zero attached hydrogens (tertiary/aromatic N) is 2. The van der Waals surface area contributed by atoms with Gasteiger partial charge in [0.2, 0.25) is 0 Å². The van der Waals surface area contributed by atoms with E-state index in [0.29, 0.717) is 0 Å². The molecule has 0 spiro atoms. The lowest BCUT2D eigenvalue weighted by Gasteiger charge is -2.06. The van der Waals surface area contributed by atoms with Gasteiger partial charge in [-0.3, -0.25) is 4.40 Å². The third-order valence-electron chi connectivity index (χ3n) is 2.74. The Bertz CT molecular complexity index is 703. The second-order valence-corrected chi connectivity index (χ2v) is 4.62. The predicted octanol–water partition coefficient (Wildman–Crippen LogP) is 3.26. The number of aromatic nitrogens is 2. The molecule has 3 rings (SSSR count). The smallest absolute Gasteiger partial charge is 0.138 e. The first kappa shape index (κ1) is 9.66. The Labute approximate surface area is 100 Å². The van der Waals surface area contributed by atoms with E-state index in [1.165, 1.54) is 0 Å². The number of hydrogen-bond donors (Lipinski definition) is 1. The Hall–Kier alpha value is -1.55. The monoisotopic (exact) mass is 276 g/mol. The molecule has 80 valence electrons. The van der Waals surface area contributed by atoms with Crippen LogP contribution in [0, 0.1) is 6.92 Å². The van der Waals surface area contributed by atoms with E-state index in [1.54, 1.807) is 18.3 Å². The Morgan fingerprint density at radius 1 is 1.31 bits per heavy atom. The molecule has 0 unspecified atom stereocenters. The number of halogens is 1. The maximum atomic E-state index is 9.51. The van der Waals surface area contributed by atoms with Crippen molar-refractivity contribution in [2.75, 3.05) is 0 Å². The van der Waals surface area contributed by atoms with Crippen LogP contribution in [0.25, 0.3) is 16.6 Å². The van der Waals surface area contributed by atoms with Crippen molar-refractivity contribution < 1.29 is 5.11 Å². The highest BCUT2D eigenvalue weighted by Crippen LogP contribution is 2.27. The lowest BCUT2D eigenvalue weighted by atomic mass is 10.1. The third-order valence-corrected chi connectivity index (χ3v) is 3.30. The minimum Gasteiger partial charge on any atom is -0.508 e. The fraction of sp³-hybridized carbons (Fsp3) is 0.0833. The number of aryl methyl sites for hydroxylation is 1. The van der Waals surface area contributed by atoms with Crippen LogP contribution in [0.15, 0.2) is 35.1 Å². The number of imidazole rings is 1. The predicted molar refractivity (Wildman–Crippen MR) is 66.8 cm³/mol. The van der Waals surface area contributed by atoms with Crippen LogP contribution in [0.3, 0.4) is 0 Å². The molecule has 0 radical (unpaired) electrons. The van der Waals surface area contributed by atoms with E-state index in [9.17, 15) is 5.11 Å². The van der Waals surface area contributed by atoms with Gasteiger partial charge in [0, 0.05) is 5.39 Å². The molecular formula is C12H9BrN2O. The average Bonchev–Trinajstić information content (AvgIpc) is 2.61. The van der Waals surface area contributed by atoms with Crippen molar-refractivity contribution in [2.24, 2.45) is 0 Å². The van der Waals surface area contributed by atoms with Crippen molar-refractivity contribution in [3.8, 4) is 5.75 Å². The molecule has 2 aromatic heterocycles. The highest BCUT2D eigenvalue weighted by Gasteiger charge is 2.07. The molecule has 0 saturated carbocycles. The fourth-order valence-electron chi connectivity index (χ4n) is 1.99. The van der Waals surface area contributed by atoms with E-state index in [1.807, 2.05) is 23.5 Å². The van der Waals surface area contributed by atoms with E-state index in [0.717, 1.165) is 26.7 Å². The van der Waals surface area contributed by atoms with Crippen LogP contribution in [-0.4, -0.2) is 14.5 Å². The van der Waals surface area contributed by atoms with Crippen molar-refractivity contribution in [2.45, 2.75) is 6.92 Å². The molecule has 4 heteroatoms. The average molecular weight is 277 g/mol. The van der Waals surface area contributed by atoms with Crippen LogP contribution < -0.4 is 0 Å². The standard InChI is InChI=1S/C12H9BrN2O/c1-7-4-12-14-6-11(13)15(12)10-3-2-8(16)5-9(7)10/h2-6,16H,1H3. The van der Waals surface area contributed by atoms with Gasteiger partial charge in [0.15, 0.2) is 0 Å². The van der Waals surface area contributed by atoms with Gasteiger partial charge in [0.05, 0.1) is 11.7 Å². The van der Waals surface area contributed by atoms with E-state index in [2.05, 4.69) is 20.9 Å². The SMILES string of the molecule is Cc1cc2ncc(Br)n2c2ccc(O)cc12. The summed E-state index contributed by atoms with van der Waals surface area (Å²) in [7, 11) is 0. The Kier molecular flexibility index (Phi) is 1.94. The maximum Gasteiger partial charge on any atom is 0.138 e. The summed E-state index contributed by atoms with van der Waals surface area (Å²) in [6.45, 7) is 2.02. The maximum absolute atomic E-state index is 9.51. The van der Waals surface area contributed by atoms with Crippen molar-refractivity contribution >= 4 is 32.5 Å². The summed E-state index contributed by atoms with van der Waals surface area (Å²) in [5.41, 5.74) is 3.05. The highest BCUT2D eigenvalue weighted by atomic mass is 79.9. The molecule has 0 fully saturated rings. The van der Waals surface area contributed by atoms with Gasteiger partial charge < -0.3 is 5.11 Å². The third kappa shape index (κ3) is 1.23. The molecule has 3 aromatic rings. The molecule has 2 heterocycles. The molecule has 3 nitrogen and oxygen atoms in total. The fourth-order valence-corrected chi connectivity index (χ4v) is 2.47. The minimum absolute atomic E-state index is 0.284. The lowest BCUT2D eigenvalue weighted by molar-refractivity contribution is 0.476. The summed E-state index contributed by atoms with van der Waals surface area (Å²) >= 11 is 3.47. The van der Waals surface area contributed by atoms with Gasteiger partial charge in [-0.15, -0.1) is 0 Å². The summed E-state index contributed by atoms with van der Waals surface area (Å²) < 4.78 is 2.93. The van der Waals surface area contributed by atoms with Crippen molar-refractivity contribution in [1.29, 1.82) is 0 Å².